The summed E-state index contributed by atoms with van der Waals surface area (Å²) >= 11 is 7.22. The van der Waals surface area contributed by atoms with Crippen LogP contribution < -0.4 is 0 Å². The third-order valence-electron chi connectivity index (χ3n) is 1.54. The Labute approximate surface area is 79.2 Å². The molecule has 4 heteroatoms. The molecule has 0 aliphatic carbocycles. The van der Waals surface area contributed by atoms with Gasteiger partial charge in [0, 0.05) is 11.6 Å². The maximum atomic E-state index is 5.64. The zero-order chi connectivity index (χ0) is 8.39. The molecule has 0 saturated heterocycles. The van der Waals surface area contributed by atoms with Crippen LogP contribution in [0.4, 0.5) is 0 Å². The Balaban J connectivity index is 2.35. The highest BCUT2D eigenvalue weighted by atomic mass is 35.5. The van der Waals surface area contributed by atoms with Gasteiger partial charge in [0.05, 0.1) is 17.3 Å². The van der Waals surface area contributed by atoms with Crippen molar-refractivity contribution >= 4 is 22.9 Å². The van der Waals surface area contributed by atoms with E-state index in [4.69, 9.17) is 11.6 Å². The average Bonchev–Trinajstić information content (AvgIpc) is 2.75. The lowest BCUT2D eigenvalue weighted by molar-refractivity contribution is 1.24. The van der Waals surface area contributed by atoms with Crippen molar-refractivity contribution in [1.82, 2.24) is 9.97 Å². The molecule has 12 heavy (non-hydrogen) atoms. The SMILES string of the molecule is ClCc1nc(-c2ccc[nH]2)cs1. The first-order valence-electron chi connectivity index (χ1n) is 3.54. The van der Waals surface area contributed by atoms with Crippen molar-refractivity contribution in [3.8, 4) is 11.4 Å². The van der Waals surface area contributed by atoms with Gasteiger partial charge in [-0.05, 0) is 12.1 Å². The molecule has 2 aromatic heterocycles. The van der Waals surface area contributed by atoms with Crippen LogP contribution in [0.5, 0.6) is 0 Å². The Kier molecular flexibility index (Phi) is 2.15. The van der Waals surface area contributed by atoms with Crippen LogP contribution in [0.3, 0.4) is 0 Å². The molecule has 0 fully saturated rings. The summed E-state index contributed by atoms with van der Waals surface area (Å²) in [5, 5.41) is 2.96. The molecule has 2 rings (SSSR count). The number of aromatic nitrogens is 2. The Morgan fingerprint density at radius 3 is 3.08 bits per heavy atom. The van der Waals surface area contributed by atoms with Crippen LogP contribution >= 0.6 is 22.9 Å². The first kappa shape index (κ1) is 7.83. The summed E-state index contributed by atoms with van der Waals surface area (Å²) in [4.78, 5) is 7.42. The van der Waals surface area contributed by atoms with Gasteiger partial charge < -0.3 is 4.98 Å². The van der Waals surface area contributed by atoms with Crippen LogP contribution in [-0.2, 0) is 5.88 Å². The lowest BCUT2D eigenvalue weighted by Gasteiger charge is -1.87. The molecule has 2 heterocycles. The number of hydrogen-bond acceptors (Lipinski definition) is 2. The topological polar surface area (TPSA) is 28.7 Å². The second-order valence-corrected chi connectivity index (χ2v) is 3.55. The number of thiazole rings is 1. The van der Waals surface area contributed by atoms with Gasteiger partial charge in [-0.3, -0.25) is 0 Å². The van der Waals surface area contributed by atoms with E-state index in [1.165, 1.54) is 0 Å². The fourth-order valence-electron chi connectivity index (χ4n) is 0.986. The lowest BCUT2D eigenvalue weighted by Crippen LogP contribution is -1.78. The number of nitrogens with zero attached hydrogens (tertiary/aromatic N) is 1. The van der Waals surface area contributed by atoms with Crippen LogP contribution in [0.25, 0.3) is 11.4 Å². The summed E-state index contributed by atoms with van der Waals surface area (Å²) in [7, 11) is 0. The Morgan fingerprint density at radius 2 is 2.50 bits per heavy atom. The minimum atomic E-state index is 0.491. The van der Waals surface area contributed by atoms with Gasteiger partial charge in [-0.1, -0.05) is 0 Å². The summed E-state index contributed by atoms with van der Waals surface area (Å²) in [5.41, 5.74) is 2.02. The normalized spacial score (nSPS) is 10.4. The van der Waals surface area contributed by atoms with E-state index in [0.717, 1.165) is 16.4 Å². The quantitative estimate of drug-likeness (QED) is 0.739. The number of halogens is 1. The Hall–Kier alpha value is -0.800. The standard InChI is InChI=1S/C8H7ClN2S/c9-4-8-11-7(5-12-8)6-2-1-3-10-6/h1-3,5,10H,4H2. The van der Waals surface area contributed by atoms with E-state index in [1.54, 1.807) is 11.3 Å². The number of nitrogens with one attached hydrogen (secondary N) is 1. The van der Waals surface area contributed by atoms with Gasteiger partial charge in [-0.15, -0.1) is 22.9 Å². The number of rotatable bonds is 2. The smallest absolute Gasteiger partial charge is 0.108 e. The van der Waals surface area contributed by atoms with E-state index in [2.05, 4.69) is 9.97 Å². The maximum absolute atomic E-state index is 5.64. The zero-order valence-corrected chi connectivity index (χ0v) is 7.82. The van der Waals surface area contributed by atoms with Crippen molar-refractivity contribution < 1.29 is 0 Å². The maximum Gasteiger partial charge on any atom is 0.108 e. The fraction of sp³-hybridized carbons (Fsp3) is 0.125. The summed E-state index contributed by atoms with van der Waals surface area (Å²) in [6, 6.07) is 3.95. The van der Waals surface area contributed by atoms with Gasteiger partial charge in [0.1, 0.15) is 5.01 Å². The van der Waals surface area contributed by atoms with E-state index in [0.29, 0.717) is 5.88 Å². The largest absolute Gasteiger partial charge is 0.360 e. The van der Waals surface area contributed by atoms with E-state index in [1.807, 2.05) is 23.7 Å². The summed E-state index contributed by atoms with van der Waals surface area (Å²) < 4.78 is 0. The molecule has 0 atom stereocenters. The highest BCUT2D eigenvalue weighted by Crippen LogP contribution is 2.20. The van der Waals surface area contributed by atoms with E-state index in [-0.39, 0.29) is 0 Å². The van der Waals surface area contributed by atoms with Crippen molar-refractivity contribution in [3.63, 3.8) is 0 Å². The van der Waals surface area contributed by atoms with E-state index < -0.39 is 0 Å². The molecule has 0 spiro atoms. The van der Waals surface area contributed by atoms with Gasteiger partial charge in [-0.25, -0.2) is 4.98 Å². The van der Waals surface area contributed by atoms with E-state index >= 15 is 0 Å². The number of aromatic amines is 1. The van der Waals surface area contributed by atoms with Gasteiger partial charge in [0.25, 0.3) is 0 Å². The molecule has 0 amide bonds. The summed E-state index contributed by atoms with van der Waals surface area (Å²) in [6.07, 6.45) is 1.88. The van der Waals surface area contributed by atoms with Crippen molar-refractivity contribution in [2.24, 2.45) is 0 Å². The first-order valence-corrected chi connectivity index (χ1v) is 4.95. The second kappa shape index (κ2) is 3.29. The van der Waals surface area contributed by atoms with Crippen LogP contribution in [0.1, 0.15) is 5.01 Å². The highest BCUT2D eigenvalue weighted by molar-refractivity contribution is 7.10. The number of H-pyrrole nitrogens is 1. The summed E-state index contributed by atoms with van der Waals surface area (Å²) in [6.45, 7) is 0. The molecule has 0 aliphatic heterocycles. The molecule has 1 N–H and O–H groups in total. The first-order chi connectivity index (χ1) is 5.90. The molecule has 2 nitrogen and oxygen atoms in total. The molecule has 0 aliphatic rings. The fourth-order valence-corrected chi connectivity index (χ4v) is 1.88. The monoisotopic (exact) mass is 198 g/mol. The number of alkyl halides is 1. The van der Waals surface area contributed by atoms with Crippen LogP contribution in [0, 0.1) is 0 Å². The molecule has 0 unspecified atom stereocenters. The average molecular weight is 199 g/mol. The summed E-state index contributed by atoms with van der Waals surface area (Å²) in [5.74, 6) is 0.491. The minimum absolute atomic E-state index is 0.491. The molecule has 62 valence electrons. The van der Waals surface area contributed by atoms with Gasteiger partial charge in [0.2, 0.25) is 0 Å². The van der Waals surface area contributed by atoms with Crippen LogP contribution in [-0.4, -0.2) is 9.97 Å². The van der Waals surface area contributed by atoms with Crippen LogP contribution in [0.15, 0.2) is 23.7 Å². The van der Waals surface area contributed by atoms with Gasteiger partial charge >= 0.3 is 0 Å². The van der Waals surface area contributed by atoms with Crippen molar-refractivity contribution in [1.29, 1.82) is 0 Å². The predicted octanol–water partition coefficient (Wildman–Crippen LogP) is 2.88. The second-order valence-electron chi connectivity index (χ2n) is 2.34. The minimum Gasteiger partial charge on any atom is -0.360 e. The van der Waals surface area contributed by atoms with Gasteiger partial charge in [-0.2, -0.15) is 0 Å². The van der Waals surface area contributed by atoms with Crippen molar-refractivity contribution in [3.05, 3.63) is 28.7 Å². The third-order valence-corrected chi connectivity index (χ3v) is 2.80. The Morgan fingerprint density at radius 1 is 1.58 bits per heavy atom. The molecule has 0 radical (unpaired) electrons. The molecule has 0 saturated carbocycles. The molecule has 2 aromatic rings. The molecule has 0 bridgehead atoms. The van der Waals surface area contributed by atoms with Crippen molar-refractivity contribution in [2.45, 2.75) is 5.88 Å². The molecular formula is C8H7ClN2S. The molecule has 0 aromatic carbocycles. The number of hydrogen-bond donors (Lipinski definition) is 1. The zero-order valence-electron chi connectivity index (χ0n) is 6.25. The van der Waals surface area contributed by atoms with Crippen molar-refractivity contribution in [2.75, 3.05) is 0 Å². The molecular weight excluding hydrogens is 192 g/mol. The van der Waals surface area contributed by atoms with Gasteiger partial charge in [0.15, 0.2) is 0 Å². The Bertz CT molecular complexity index is 353. The lowest BCUT2D eigenvalue weighted by atomic mass is 10.3. The predicted molar refractivity (Wildman–Crippen MR) is 51.5 cm³/mol. The van der Waals surface area contributed by atoms with Crippen LogP contribution in [0.2, 0.25) is 0 Å². The van der Waals surface area contributed by atoms with E-state index in [9.17, 15) is 0 Å². The highest BCUT2D eigenvalue weighted by Gasteiger charge is 2.02. The third kappa shape index (κ3) is 1.38.